The van der Waals surface area contributed by atoms with E-state index in [1.165, 1.54) is 10.6 Å². The van der Waals surface area contributed by atoms with Crippen molar-refractivity contribution in [1.82, 2.24) is 19.2 Å². The summed E-state index contributed by atoms with van der Waals surface area (Å²) in [6, 6.07) is 24.3. The van der Waals surface area contributed by atoms with E-state index in [4.69, 9.17) is 19.2 Å². The van der Waals surface area contributed by atoms with Gasteiger partial charge in [0.25, 0.3) is 11.5 Å². The molecule has 2 aliphatic heterocycles. The molecule has 1 atom stereocenters. The van der Waals surface area contributed by atoms with E-state index in [0.717, 1.165) is 38.8 Å². The number of amides is 2. The van der Waals surface area contributed by atoms with Crippen LogP contribution in [0, 0.1) is 0 Å². The minimum absolute atomic E-state index is 0.0583. The fourth-order valence-corrected chi connectivity index (χ4v) is 9.93. The van der Waals surface area contributed by atoms with Gasteiger partial charge in [0.05, 0.1) is 35.3 Å². The molecule has 3 aliphatic rings. The van der Waals surface area contributed by atoms with E-state index in [1.807, 2.05) is 86.6 Å². The third-order valence-electron chi connectivity index (χ3n) is 11.6. The molecule has 1 N–H and O–H groups in total. The maximum Gasteiger partial charge on any atom is 0.434 e. The first-order valence-electron chi connectivity index (χ1n) is 20.0. The molecular weight excluding hydrogens is 787 g/mol. The number of benzene rings is 3. The van der Waals surface area contributed by atoms with Crippen molar-refractivity contribution in [1.29, 1.82) is 0 Å². The quantitative estimate of drug-likeness (QED) is 0.0856. The van der Waals surface area contributed by atoms with Crippen molar-refractivity contribution in [2.45, 2.75) is 77.9 Å². The van der Waals surface area contributed by atoms with Crippen LogP contribution in [0.1, 0.15) is 80.0 Å². The second-order valence-corrected chi connectivity index (χ2v) is 17.3. The lowest BCUT2D eigenvalue weighted by atomic mass is 9.85. The summed E-state index contributed by atoms with van der Waals surface area (Å²) in [5.41, 5.74) is 5.25. The third-order valence-corrected chi connectivity index (χ3v) is 13.1. The van der Waals surface area contributed by atoms with Crippen LogP contribution in [0.4, 0.5) is 4.79 Å². The van der Waals surface area contributed by atoms with Gasteiger partial charge in [0.1, 0.15) is 19.0 Å². The lowest BCUT2D eigenvalue weighted by Crippen LogP contribution is -2.48. The minimum atomic E-state index is -3.49. The number of hydrogen-bond acceptors (Lipinski definition) is 10. The second kappa shape index (κ2) is 15.9. The molecule has 8 rings (SSSR count). The molecule has 14 nitrogen and oxygen atoms in total. The maximum atomic E-state index is 14.3. The van der Waals surface area contributed by atoms with Gasteiger partial charge < -0.3 is 24.1 Å². The van der Waals surface area contributed by atoms with E-state index >= 15 is 0 Å². The third kappa shape index (κ3) is 6.99. The lowest BCUT2D eigenvalue weighted by Gasteiger charge is -2.36. The van der Waals surface area contributed by atoms with Crippen LogP contribution in [0.5, 0.6) is 0 Å². The highest BCUT2D eigenvalue weighted by Gasteiger charge is 2.48. The van der Waals surface area contributed by atoms with Crippen molar-refractivity contribution in [3.63, 3.8) is 0 Å². The van der Waals surface area contributed by atoms with Crippen molar-refractivity contribution < 1.29 is 37.0 Å². The van der Waals surface area contributed by atoms with Crippen molar-refractivity contribution in [2.75, 3.05) is 19.5 Å². The molecular formula is C45H45N5O9S. The number of pyridine rings is 2. The van der Waals surface area contributed by atoms with Crippen LogP contribution in [0.25, 0.3) is 33.4 Å². The molecule has 0 bridgehead atoms. The molecule has 4 heterocycles. The average Bonchev–Trinajstić information content (AvgIpc) is 3.75. The zero-order valence-corrected chi connectivity index (χ0v) is 34.8. The second-order valence-electron chi connectivity index (χ2n) is 15.4. The Morgan fingerprint density at radius 2 is 1.67 bits per heavy atom. The monoisotopic (exact) mass is 831 g/mol. The molecule has 2 aromatic heterocycles. The van der Waals surface area contributed by atoms with Crippen molar-refractivity contribution in [3.05, 3.63) is 123 Å². The molecule has 0 radical (unpaired) electrons. The Kier molecular flexibility index (Phi) is 10.8. The number of cyclic esters (lactones) is 1. The summed E-state index contributed by atoms with van der Waals surface area (Å²) in [7, 11) is -3.49. The Morgan fingerprint density at radius 3 is 2.32 bits per heavy atom. The van der Waals surface area contributed by atoms with Gasteiger partial charge in [-0.1, -0.05) is 80.6 Å². The summed E-state index contributed by atoms with van der Waals surface area (Å²) in [5, 5.41) is 3.48. The summed E-state index contributed by atoms with van der Waals surface area (Å²) in [5.74, 6) is -1.42. The van der Waals surface area contributed by atoms with E-state index in [9.17, 15) is 27.6 Å². The first-order valence-corrected chi connectivity index (χ1v) is 21.8. The number of para-hydroxylation sites is 1. The number of nitrogens with one attached hydrogen (secondary N) is 1. The number of nitrogens with zero attached hydrogens (tertiary/aromatic N) is 4. The predicted molar refractivity (Wildman–Crippen MR) is 225 cm³/mol. The molecule has 2 amide bonds. The highest BCUT2D eigenvalue weighted by Crippen LogP contribution is 2.45. The first kappa shape index (κ1) is 40.7. The van der Waals surface area contributed by atoms with Gasteiger partial charge in [0, 0.05) is 40.2 Å². The molecule has 0 fully saturated rings. The molecule has 3 aromatic carbocycles. The Morgan fingerprint density at radius 1 is 1.00 bits per heavy atom. The van der Waals surface area contributed by atoms with E-state index in [-0.39, 0.29) is 55.4 Å². The summed E-state index contributed by atoms with van der Waals surface area (Å²) >= 11 is 0. The minimum Gasteiger partial charge on any atom is -0.458 e. The zero-order valence-electron chi connectivity index (χ0n) is 34.0. The SMILES string of the molecule is CCC(=NC(=O)OC1c2ccccc2-c2ccccc21)C(=O)NCO[C@]1(CC)C(=O)OCc2c1cc1n(c2=O)Cc2c-1nc1ccccc1c2CCN(C(C)C)S(C)(=O)=O. The molecule has 0 spiro atoms. The first-order chi connectivity index (χ1) is 28.8. The number of ether oxygens (including phenoxy) is 3. The van der Waals surface area contributed by atoms with Gasteiger partial charge in [0.2, 0.25) is 10.0 Å². The van der Waals surface area contributed by atoms with Crippen molar-refractivity contribution in [2.24, 2.45) is 4.99 Å². The Balaban J connectivity index is 1.05. The molecule has 5 aromatic rings. The summed E-state index contributed by atoms with van der Waals surface area (Å²) < 4.78 is 46.0. The Hall–Kier alpha value is -6.03. The van der Waals surface area contributed by atoms with Crippen LogP contribution >= 0.6 is 0 Å². The van der Waals surface area contributed by atoms with Crippen LogP contribution in [0.2, 0.25) is 0 Å². The molecule has 310 valence electrons. The topological polar surface area (TPSA) is 176 Å². The van der Waals surface area contributed by atoms with E-state index < -0.39 is 46.4 Å². The van der Waals surface area contributed by atoms with Crippen molar-refractivity contribution in [3.8, 4) is 22.5 Å². The standard InChI is InChI=1S/C45H45N5O9S/c1-6-36(48-44(54)59-40-31-17-10-8-14-27(31)28-15-9-11-18-32(28)40)41(51)46-25-58-45(7-2)35-22-38-39-33(23-49(38)42(52)34(35)24-57-43(45)53)29(30-16-12-13-19-37(30)47-39)20-21-50(26(3)4)60(5,55)56/h8-19,22,26,40H,6-7,20-21,23-25H2,1-5H3,(H,46,51)/t45-/m0/s1. The number of fused-ring (bicyclic) bond motifs is 8. The van der Waals surface area contributed by atoms with E-state index in [1.54, 1.807) is 24.5 Å². The Bertz CT molecular complexity index is 2750. The van der Waals surface area contributed by atoms with Gasteiger partial charge in [0.15, 0.2) is 11.7 Å². The Labute approximate surface area is 347 Å². The molecule has 0 saturated carbocycles. The molecule has 0 unspecified atom stereocenters. The van der Waals surface area contributed by atoms with Crippen LogP contribution in [-0.2, 0) is 59.0 Å². The van der Waals surface area contributed by atoms with Crippen LogP contribution in [-0.4, -0.2) is 71.5 Å². The van der Waals surface area contributed by atoms with E-state index in [2.05, 4.69) is 10.3 Å². The lowest BCUT2D eigenvalue weighted by molar-refractivity contribution is -0.182. The maximum absolute atomic E-state index is 14.3. The largest absolute Gasteiger partial charge is 0.458 e. The van der Waals surface area contributed by atoms with Crippen LogP contribution < -0.4 is 10.9 Å². The number of rotatable bonds is 12. The van der Waals surface area contributed by atoms with Gasteiger partial charge in [-0.25, -0.2) is 23.0 Å². The molecule has 1 aliphatic carbocycles. The zero-order chi connectivity index (χ0) is 42.5. The highest BCUT2D eigenvalue weighted by atomic mass is 32.2. The number of aliphatic imine (C=N–C) groups is 1. The smallest absolute Gasteiger partial charge is 0.434 e. The average molecular weight is 832 g/mol. The summed E-state index contributed by atoms with van der Waals surface area (Å²) in [4.78, 5) is 63.6. The van der Waals surface area contributed by atoms with Gasteiger partial charge >= 0.3 is 12.1 Å². The fraction of sp³-hybridized carbons (Fsp3) is 0.333. The van der Waals surface area contributed by atoms with E-state index in [0.29, 0.717) is 28.9 Å². The number of hydrogen-bond donors (Lipinski definition) is 1. The number of aromatic nitrogens is 2. The molecule has 15 heteroatoms. The van der Waals surface area contributed by atoms with Crippen LogP contribution in [0.3, 0.4) is 0 Å². The number of carbonyl (C=O) groups is 3. The van der Waals surface area contributed by atoms with Crippen LogP contribution in [0.15, 0.2) is 88.6 Å². The molecule has 0 saturated heterocycles. The highest BCUT2D eigenvalue weighted by molar-refractivity contribution is 7.88. The predicted octanol–water partition coefficient (Wildman–Crippen LogP) is 6.15. The van der Waals surface area contributed by atoms with Crippen molar-refractivity contribution >= 4 is 44.6 Å². The van der Waals surface area contributed by atoms with Gasteiger partial charge in [-0.2, -0.15) is 9.30 Å². The van der Waals surface area contributed by atoms with Gasteiger partial charge in [-0.05, 0) is 61.9 Å². The number of sulfonamides is 1. The normalized spacial score (nSPS) is 16.9. The molecule has 60 heavy (non-hydrogen) atoms. The fourth-order valence-electron chi connectivity index (χ4n) is 8.75. The number of carbonyl (C=O) groups excluding carboxylic acids is 3. The van der Waals surface area contributed by atoms with Gasteiger partial charge in [-0.15, -0.1) is 0 Å². The van der Waals surface area contributed by atoms with Gasteiger partial charge in [-0.3, -0.25) is 9.59 Å². The summed E-state index contributed by atoms with van der Waals surface area (Å²) in [6.45, 7) is 6.72. The summed E-state index contributed by atoms with van der Waals surface area (Å²) in [6.07, 6.45) is 0.114. The number of esters is 1.